The number of aromatic amines is 1. The van der Waals surface area contributed by atoms with Gasteiger partial charge < -0.3 is 10.3 Å². The van der Waals surface area contributed by atoms with E-state index in [9.17, 15) is 24.0 Å². The summed E-state index contributed by atoms with van der Waals surface area (Å²) in [6, 6.07) is 17.9. The lowest BCUT2D eigenvalue weighted by Crippen LogP contribution is -2.46. The molecule has 9 heteroatoms. The van der Waals surface area contributed by atoms with Gasteiger partial charge in [-0.2, -0.15) is 5.10 Å². The van der Waals surface area contributed by atoms with Crippen LogP contribution in [0, 0.1) is 11.8 Å². The average Bonchev–Trinajstić information content (AvgIpc) is 3.67. The van der Waals surface area contributed by atoms with Crippen molar-refractivity contribution in [1.82, 2.24) is 20.1 Å². The van der Waals surface area contributed by atoms with Crippen molar-refractivity contribution in [3.8, 4) is 0 Å². The molecule has 0 fully saturated rings. The number of carbonyl (C=O) groups is 5. The van der Waals surface area contributed by atoms with E-state index in [-0.39, 0.29) is 37.2 Å². The molecule has 0 unspecified atom stereocenters. The van der Waals surface area contributed by atoms with Gasteiger partial charge >= 0.3 is 0 Å². The Labute approximate surface area is 263 Å². The molecule has 45 heavy (non-hydrogen) atoms. The largest absolute Gasteiger partial charge is 0.361 e. The predicted octanol–water partition coefficient (Wildman–Crippen LogP) is 5.37. The van der Waals surface area contributed by atoms with Gasteiger partial charge in [-0.25, -0.2) is 0 Å². The number of Topliss-reactive ketones (excluding diaryl/α,β-unsaturated/α-hetero) is 4. The van der Waals surface area contributed by atoms with Crippen LogP contribution in [0.1, 0.15) is 74.0 Å². The number of nitrogens with zero attached hydrogens (tertiary/aromatic N) is 2. The second-order valence-electron chi connectivity index (χ2n) is 11.8. The van der Waals surface area contributed by atoms with Crippen LogP contribution in [-0.4, -0.2) is 49.8 Å². The van der Waals surface area contributed by atoms with Crippen LogP contribution in [-0.2, 0) is 39.1 Å². The topological polar surface area (TPSA) is 131 Å². The molecule has 2 heterocycles. The minimum Gasteiger partial charge on any atom is -0.361 e. The molecule has 2 aromatic carbocycles. The molecule has 4 rings (SSSR count). The zero-order chi connectivity index (χ0) is 32.3. The van der Waals surface area contributed by atoms with Crippen molar-refractivity contribution in [2.24, 2.45) is 18.9 Å². The van der Waals surface area contributed by atoms with Crippen LogP contribution in [0.3, 0.4) is 0 Å². The molecule has 0 radical (unpaired) electrons. The summed E-state index contributed by atoms with van der Waals surface area (Å²) in [5.74, 6) is -3.44. The Hall–Kier alpha value is -4.66. The first kappa shape index (κ1) is 33.2. The molecule has 2 aromatic heterocycles. The number of H-pyrrole nitrogens is 1. The second-order valence-corrected chi connectivity index (χ2v) is 11.8. The zero-order valence-electron chi connectivity index (χ0n) is 26.3. The second kappa shape index (κ2) is 15.9. The number of ketones is 4. The maximum absolute atomic E-state index is 13.9. The molecule has 0 bridgehead atoms. The quantitative estimate of drug-likeness (QED) is 0.115. The van der Waals surface area contributed by atoms with Crippen molar-refractivity contribution in [3.05, 3.63) is 89.9 Å². The normalized spacial score (nSPS) is 13.2. The molecular formula is C36H42N4O5. The summed E-state index contributed by atoms with van der Waals surface area (Å²) < 4.78 is 1.46. The molecule has 9 nitrogen and oxygen atoms in total. The molecule has 0 aliphatic carbocycles. The highest BCUT2D eigenvalue weighted by Crippen LogP contribution is 2.23. The minimum absolute atomic E-state index is 0.0487. The lowest BCUT2D eigenvalue weighted by atomic mass is 9.86. The molecule has 0 aliphatic rings. The third-order valence-corrected chi connectivity index (χ3v) is 8.33. The van der Waals surface area contributed by atoms with Crippen molar-refractivity contribution in [2.45, 2.75) is 71.3 Å². The van der Waals surface area contributed by atoms with E-state index in [4.69, 9.17) is 0 Å². The van der Waals surface area contributed by atoms with Crippen molar-refractivity contribution in [3.63, 3.8) is 0 Å². The number of fused-ring (bicyclic) bond motifs is 1. The van der Waals surface area contributed by atoms with Crippen LogP contribution in [0.25, 0.3) is 10.9 Å². The number of amides is 1. The van der Waals surface area contributed by atoms with Crippen LogP contribution in [0.15, 0.2) is 73.1 Å². The summed E-state index contributed by atoms with van der Waals surface area (Å²) in [4.78, 5) is 69.7. The average molecular weight is 611 g/mol. The molecule has 0 aliphatic heterocycles. The van der Waals surface area contributed by atoms with Gasteiger partial charge in [0.2, 0.25) is 11.7 Å². The smallest absolute Gasteiger partial charge is 0.223 e. The molecule has 0 spiro atoms. The van der Waals surface area contributed by atoms with Gasteiger partial charge in [0.1, 0.15) is 5.69 Å². The Morgan fingerprint density at radius 2 is 1.69 bits per heavy atom. The van der Waals surface area contributed by atoms with Crippen LogP contribution in [0.4, 0.5) is 0 Å². The molecule has 4 aromatic rings. The van der Waals surface area contributed by atoms with E-state index < -0.39 is 35.4 Å². The number of rotatable bonds is 18. The van der Waals surface area contributed by atoms with E-state index in [0.717, 1.165) is 28.5 Å². The summed E-state index contributed by atoms with van der Waals surface area (Å²) in [6.07, 6.45) is 5.81. The standard InChI is InChI=1S/C36H42N4O5/c1-4-5-13-26(35(44)32(41)17-16-25-11-7-6-8-12-25)22-33(42)30(21-27-23-37-29-15-10-9-14-28(27)29)39-36(45)24(2)20-34(43)31-18-19-38-40(31)3/h6-12,14-15,18-19,23-24,26,30,37H,4-5,13,16-17,20-22H2,1-3H3,(H,39,45)/t24-,26-,30+/m1/s1. The fourth-order valence-electron chi connectivity index (χ4n) is 5.62. The monoisotopic (exact) mass is 610 g/mol. The van der Waals surface area contributed by atoms with E-state index in [0.29, 0.717) is 25.0 Å². The number of hydrogen-bond donors (Lipinski definition) is 2. The Kier molecular flexibility index (Phi) is 11.7. The van der Waals surface area contributed by atoms with Crippen molar-refractivity contribution in [2.75, 3.05) is 0 Å². The number of para-hydroxylation sites is 1. The van der Waals surface area contributed by atoms with Crippen LogP contribution in [0.5, 0.6) is 0 Å². The number of unbranched alkanes of at least 4 members (excludes halogenated alkanes) is 1. The number of aryl methyl sites for hydroxylation is 2. The van der Waals surface area contributed by atoms with E-state index >= 15 is 0 Å². The van der Waals surface area contributed by atoms with E-state index in [2.05, 4.69) is 15.4 Å². The fraction of sp³-hybridized carbons (Fsp3) is 0.389. The lowest BCUT2D eigenvalue weighted by molar-refractivity contribution is -0.140. The Balaban J connectivity index is 1.50. The van der Waals surface area contributed by atoms with Crippen LogP contribution in [0.2, 0.25) is 0 Å². The maximum Gasteiger partial charge on any atom is 0.223 e. The Morgan fingerprint density at radius 3 is 2.40 bits per heavy atom. The van der Waals surface area contributed by atoms with Gasteiger partial charge in [0.05, 0.1) is 6.04 Å². The van der Waals surface area contributed by atoms with Gasteiger partial charge in [-0.3, -0.25) is 28.7 Å². The first-order valence-electron chi connectivity index (χ1n) is 15.7. The minimum atomic E-state index is -0.942. The third kappa shape index (κ3) is 8.94. The van der Waals surface area contributed by atoms with Gasteiger partial charge in [-0.1, -0.05) is 75.2 Å². The molecule has 0 saturated carbocycles. The maximum atomic E-state index is 13.9. The Morgan fingerprint density at radius 1 is 0.956 bits per heavy atom. The first-order chi connectivity index (χ1) is 21.7. The number of nitrogens with one attached hydrogen (secondary N) is 2. The zero-order valence-corrected chi connectivity index (χ0v) is 26.3. The van der Waals surface area contributed by atoms with Crippen LogP contribution < -0.4 is 5.32 Å². The molecule has 236 valence electrons. The van der Waals surface area contributed by atoms with Crippen LogP contribution >= 0.6 is 0 Å². The molecule has 1 amide bonds. The van der Waals surface area contributed by atoms with Gasteiger partial charge in [0.15, 0.2) is 17.3 Å². The molecule has 0 saturated heterocycles. The van der Waals surface area contributed by atoms with E-state index in [1.165, 1.54) is 10.9 Å². The summed E-state index contributed by atoms with van der Waals surface area (Å²) >= 11 is 0. The number of hydrogen-bond acceptors (Lipinski definition) is 6. The first-order valence-corrected chi connectivity index (χ1v) is 15.7. The van der Waals surface area contributed by atoms with Gasteiger partial charge in [0.25, 0.3) is 0 Å². The fourth-order valence-corrected chi connectivity index (χ4v) is 5.62. The summed E-state index contributed by atoms with van der Waals surface area (Å²) in [7, 11) is 1.66. The predicted molar refractivity (Wildman–Crippen MR) is 173 cm³/mol. The van der Waals surface area contributed by atoms with E-state index in [1.807, 2.05) is 67.7 Å². The summed E-state index contributed by atoms with van der Waals surface area (Å²) in [6.45, 7) is 3.64. The third-order valence-electron chi connectivity index (χ3n) is 8.33. The van der Waals surface area contributed by atoms with Gasteiger partial charge in [-0.15, -0.1) is 0 Å². The highest BCUT2D eigenvalue weighted by Gasteiger charge is 2.32. The number of benzene rings is 2. The van der Waals surface area contributed by atoms with E-state index in [1.54, 1.807) is 20.0 Å². The number of carbonyl (C=O) groups excluding carboxylic acids is 5. The number of aromatic nitrogens is 3. The Bertz CT molecular complexity index is 1640. The highest BCUT2D eigenvalue weighted by molar-refractivity contribution is 6.38. The SMILES string of the molecule is CCCC[C@H](CC(=O)[C@H](Cc1c[nH]c2ccccc12)NC(=O)[C@H](C)CC(=O)c1ccnn1C)C(=O)C(=O)CCc1ccccc1. The van der Waals surface area contributed by atoms with Gasteiger partial charge in [0, 0.05) is 67.9 Å². The summed E-state index contributed by atoms with van der Waals surface area (Å²) in [5, 5.41) is 7.84. The van der Waals surface area contributed by atoms with Gasteiger partial charge in [-0.05, 0) is 36.1 Å². The van der Waals surface area contributed by atoms with Crippen molar-refractivity contribution >= 4 is 39.9 Å². The highest BCUT2D eigenvalue weighted by atomic mass is 16.2. The van der Waals surface area contributed by atoms with Crippen molar-refractivity contribution in [1.29, 1.82) is 0 Å². The molecule has 3 atom stereocenters. The molecule has 2 N–H and O–H groups in total. The lowest BCUT2D eigenvalue weighted by Gasteiger charge is -2.22. The summed E-state index contributed by atoms with van der Waals surface area (Å²) in [5.41, 5.74) is 3.12. The molecular weight excluding hydrogens is 568 g/mol. The van der Waals surface area contributed by atoms with Crippen molar-refractivity contribution < 1.29 is 24.0 Å².